The minimum absolute atomic E-state index is 0.0842. The number of halogens is 1. The van der Waals surface area contributed by atoms with Crippen molar-refractivity contribution in [2.24, 2.45) is 0 Å². The molecular formula is C20H22FN3O4S. The molecule has 154 valence electrons. The van der Waals surface area contributed by atoms with Crippen molar-refractivity contribution in [1.82, 2.24) is 10.1 Å². The van der Waals surface area contributed by atoms with Crippen LogP contribution in [0.4, 0.5) is 15.2 Å². The highest BCUT2D eigenvalue weighted by atomic mass is 32.1. The number of hydrogen-bond donors (Lipinski definition) is 1. The normalized spacial score (nSPS) is 10.7. The zero-order chi connectivity index (χ0) is 20.6. The third kappa shape index (κ3) is 5.54. The van der Waals surface area contributed by atoms with Crippen molar-refractivity contribution in [2.75, 3.05) is 18.5 Å². The van der Waals surface area contributed by atoms with E-state index in [2.05, 4.69) is 22.4 Å². The maximum absolute atomic E-state index is 14.2. The fourth-order valence-electron chi connectivity index (χ4n) is 2.49. The number of carbonyl (C=O) groups is 1. The van der Waals surface area contributed by atoms with Crippen molar-refractivity contribution in [1.29, 1.82) is 0 Å². The van der Waals surface area contributed by atoms with Crippen molar-refractivity contribution >= 4 is 28.1 Å². The Morgan fingerprint density at radius 1 is 1.28 bits per heavy atom. The smallest absolute Gasteiger partial charge is 0.360 e. The van der Waals surface area contributed by atoms with E-state index in [1.807, 2.05) is 0 Å². The number of benzene rings is 1. The molecule has 0 saturated carbocycles. The quantitative estimate of drug-likeness (QED) is 0.346. The molecular weight excluding hydrogens is 397 g/mol. The minimum atomic E-state index is -0.552. The molecule has 3 rings (SSSR count). The van der Waals surface area contributed by atoms with Gasteiger partial charge in [-0.05, 0) is 25.5 Å². The van der Waals surface area contributed by atoms with Gasteiger partial charge in [-0.25, -0.2) is 14.2 Å². The van der Waals surface area contributed by atoms with E-state index in [9.17, 15) is 9.18 Å². The molecule has 3 aromatic rings. The van der Waals surface area contributed by atoms with E-state index >= 15 is 0 Å². The number of carbonyl (C=O) groups excluding carboxylic acids is 1. The summed E-state index contributed by atoms with van der Waals surface area (Å²) < 4.78 is 29.7. The van der Waals surface area contributed by atoms with Crippen LogP contribution >= 0.6 is 11.3 Å². The van der Waals surface area contributed by atoms with E-state index in [-0.39, 0.29) is 18.1 Å². The Hall–Kier alpha value is -2.94. The van der Waals surface area contributed by atoms with Crippen LogP contribution in [0.5, 0.6) is 5.75 Å². The highest BCUT2D eigenvalue weighted by Crippen LogP contribution is 2.29. The van der Waals surface area contributed by atoms with Gasteiger partial charge in [0.1, 0.15) is 5.69 Å². The molecule has 9 heteroatoms. The van der Waals surface area contributed by atoms with E-state index in [1.165, 1.54) is 23.5 Å². The number of ether oxygens (including phenoxy) is 2. The number of rotatable bonds is 10. The number of hydrogen-bond acceptors (Lipinski definition) is 8. The van der Waals surface area contributed by atoms with Crippen LogP contribution in [0, 0.1) is 5.82 Å². The van der Waals surface area contributed by atoms with Crippen molar-refractivity contribution < 1.29 is 23.2 Å². The number of anilines is 2. The van der Waals surface area contributed by atoms with Gasteiger partial charge in [-0.1, -0.05) is 24.9 Å². The van der Waals surface area contributed by atoms with Gasteiger partial charge in [-0.2, -0.15) is 0 Å². The predicted octanol–water partition coefficient (Wildman–Crippen LogP) is 5.43. The molecule has 0 radical (unpaired) electrons. The predicted molar refractivity (Wildman–Crippen MR) is 108 cm³/mol. The number of nitrogens with zero attached hydrogens (tertiary/aromatic N) is 2. The number of aromatic nitrogens is 2. The Balaban J connectivity index is 1.63. The largest absolute Gasteiger partial charge is 0.491 e. The number of unbranched alkanes of at least 4 members (excludes halogenated alkanes) is 2. The van der Waals surface area contributed by atoms with Crippen LogP contribution in [0.2, 0.25) is 0 Å². The van der Waals surface area contributed by atoms with Crippen molar-refractivity contribution in [3.63, 3.8) is 0 Å². The van der Waals surface area contributed by atoms with Gasteiger partial charge in [-0.3, -0.25) is 0 Å². The number of thiazole rings is 1. The lowest BCUT2D eigenvalue weighted by atomic mass is 10.2. The van der Waals surface area contributed by atoms with Gasteiger partial charge in [0.25, 0.3) is 0 Å². The third-order valence-electron chi connectivity index (χ3n) is 3.94. The monoisotopic (exact) mass is 419 g/mol. The Labute approximate surface area is 171 Å². The highest BCUT2D eigenvalue weighted by Gasteiger charge is 2.16. The average molecular weight is 419 g/mol. The molecule has 1 N–H and O–H groups in total. The fourth-order valence-corrected chi connectivity index (χ4v) is 3.21. The Morgan fingerprint density at radius 3 is 2.90 bits per heavy atom. The summed E-state index contributed by atoms with van der Waals surface area (Å²) in [6.07, 6.45) is 3.04. The topological polar surface area (TPSA) is 86.5 Å². The lowest BCUT2D eigenvalue weighted by Gasteiger charge is -2.09. The first-order chi connectivity index (χ1) is 14.1. The summed E-state index contributed by atoms with van der Waals surface area (Å²) in [5, 5.41) is 9.04. The molecule has 0 amide bonds. The Kier molecular flexibility index (Phi) is 7.18. The first kappa shape index (κ1) is 20.8. The van der Waals surface area contributed by atoms with Crippen molar-refractivity contribution in [2.45, 2.75) is 33.1 Å². The van der Waals surface area contributed by atoms with Crippen molar-refractivity contribution in [3.05, 3.63) is 41.2 Å². The van der Waals surface area contributed by atoms with E-state index < -0.39 is 11.8 Å². The number of nitrogens with one attached hydrogen (secondary N) is 1. The summed E-state index contributed by atoms with van der Waals surface area (Å²) in [7, 11) is 0. The van der Waals surface area contributed by atoms with Crippen LogP contribution in [0.15, 0.2) is 34.2 Å². The van der Waals surface area contributed by atoms with Crippen molar-refractivity contribution in [3.8, 4) is 17.2 Å². The molecule has 2 heterocycles. The molecule has 29 heavy (non-hydrogen) atoms. The van der Waals surface area contributed by atoms with E-state index in [0.29, 0.717) is 28.9 Å². The minimum Gasteiger partial charge on any atom is -0.491 e. The second kappa shape index (κ2) is 10.0. The van der Waals surface area contributed by atoms with Gasteiger partial charge in [0.15, 0.2) is 28.2 Å². The highest BCUT2D eigenvalue weighted by molar-refractivity contribution is 7.14. The maximum Gasteiger partial charge on any atom is 0.360 e. The maximum atomic E-state index is 14.2. The standard InChI is InChI=1S/C20H22FN3O4S/c1-3-5-6-9-27-17-8-7-13(10-14(17)21)22-20-23-16(12-29-20)18-11-15(24-28-18)19(25)26-4-2/h7-8,10-12H,3-6,9H2,1-2H3,(H,22,23). The molecule has 2 aromatic heterocycles. The first-order valence-electron chi connectivity index (χ1n) is 9.39. The van der Waals surface area contributed by atoms with Crippen LogP contribution in [-0.2, 0) is 4.74 Å². The molecule has 0 bridgehead atoms. The molecule has 0 aliphatic carbocycles. The summed E-state index contributed by atoms with van der Waals surface area (Å²) in [5.41, 5.74) is 1.15. The van der Waals surface area contributed by atoms with E-state index in [0.717, 1.165) is 19.3 Å². The zero-order valence-electron chi connectivity index (χ0n) is 16.2. The van der Waals surface area contributed by atoms with Gasteiger partial charge < -0.3 is 19.3 Å². The van der Waals surface area contributed by atoms with Gasteiger partial charge >= 0.3 is 5.97 Å². The fraction of sp³-hybridized carbons (Fsp3) is 0.350. The molecule has 0 fully saturated rings. The van der Waals surface area contributed by atoms with Crippen LogP contribution in [0.1, 0.15) is 43.6 Å². The van der Waals surface area contributed by atoms with Crippen LogP contribution < -0.4 is 10.1 Å². The zero-order valence-corrected chi connectivity index (χ0v) is 17.1. The SMILES string of the molecule is CCCCCOc1ccc(Nc2nc(-c3cc(C(=O)OCC)no3)cs2)cc1F. The summed E-state index contributed by atoms with van der Waals surface area (Å²) in [5.74, 6) is -0.403. The summed E-state index contributed by atoms with van der Waals surface area (Å²) in [6, 6.07) is 6.16. The molecule has 0 unspecified atom stereocenters. The summed E-state index contributed by atoms with van der Waals surface area (Å²) >= 11 is 1.32. The van der Waals surface area contributed by atoms with E-state index in [4.69, 9.17) is 14.0 Å². The molecule has 0 spiro atoms. The molecule has 1 aromatic carbocycles. The summed E-state index contributed by atoms with van der Waals surface area (Å²) in [6.45, 7) is 4.57. The van der Waals surface area contributed by atoms with Gasteiger partial charge in [-0.15, -0.1) is 11.3 Å². The van der Waals surface area contributed by atoms with Gasteiger partial charge in [0, 0.05) is 23.2 Å². The Morgan fingerprint density at radius 2 is 2.14 bits per heavy atom. The van der Waals surface area contributed by atoms with Crippen LogP contribution in [0.25, 0.3) is 11.5 Å². The van der Waals surface area contributed by atoms with Crippen LogP contribution in [0.3, 0.4) is 0 Å². The third-order valence-corrected chi connectivity index (χ3v) is 4.70. The molecule has 0 aliphatic rings. The second-order valence-electron chi connectivity index (χ2n) is 6.16. The molecule has 7 nitrogen and oxygen atoms in total. The summed E-state index contributed by atoms with van der Waals surface area (Å²) in [4.78, 5) is 16.1. The first-order valence-corrected chi connectivity index (χ1v) is 10.3. The lowest BCUT2D eigenvalue weighted by molar-refractivity contribution is 0.0514. The van der Waals surface area contributed by atoms with Crippen LogP contribution in [-0.4, -0.2) is 29.3 Å². The van der Waals surface area contributed by atoms with Gasteiger partial charge in [0.05, 0.1) is 13.2 Å². The van der Waals surface area contributed by atoms with Gasteiger partial charge in [0.2, 0.25) is 0 Å². The average Bonchev–Trinajstić information content (AvgIpc) is 3.36. The second-order valence-corrected chi connectivity index (χ2v) is 7.02. The number of esters is 1. The molecule has 0 aliphatic heterocycles. The van der Waals surface area contributed by atoms with E-state index in [1.54, 1.807) is 24.4 Å². The molecule has 0 saturated heterocycles. The Bertz CT molecular complexity index is 957. The lowest BCUT2D eigenvalue weighted by Crippen LogP contribution is -2.04. The molecule has 0 atom stereocenters.